The van der Waals surface area contributed by atoms with E-state index in [0.717, 1.165) is 12.3 Å². The Bertz CT molecular complexity index is 210. The van der Waals surface area contributed by atoms with Crippen molar-refractivity contribution >= 4 is 5.97 Å². The first-order chi connectivity index (χ1) is 5.61. The Morgan fingerprint density at radius 2 is 2.00 bits per heavy atom. The Kier molecular flexibility index (Phi) is 1.67. The van der Waals surface area contributed by atoms with Crippen molar-refractivity contribution in [3.05, 3.63) is 0 Å². The minimum absolute atomic E-state index is 0.0359. The maximum Gasteiger partial charge on any atom is 0.307 e. The Labute approximate surface area is 73.0 Å². The van der Waals surface area contributed by atoms with E-state index >= 15 is 0 Å². The molecule has 0 aromatic heterocycles. The molecule has 0 aliphatic heterocycles. The summed E-state index contributed by atoms with van der Waals surface area (Å²) in [4.78, 5) is 10.9. The number of carboxylic acid groups (broad SMARTS) is 1. The highest BCUT2D eigenvalue weighted by atomic mass is 16.4. The van der Waals surface area contributed by atoms with E-state index in [2.05, 4.69) is 13.8 Å². The van der Waals surface area contributed by atoms with Crippen LogP contribution < -0.4 is 0 Å². The van der Waals surface area contributed by atoms with Crippen molar-refractivity contribution in [2.75, 3.05) is 0 Å². The molecule has 1 N–H and O–H groups in total. The Morgan fingerprint density at radius 3 is 2.42 bits per heavy atom. The molecule has 2 aliphatic carbocycles. The van der Waals surface area contributed by atoms with E-state index in [1.807, 2.05) is 0 Å². The van der Waals surface area contributed by atoms with Crippen LogP contribution in [0.5, 0.6) is 0 Å². The van der Waals surface area contributed by atoms with Crippen LogP contribution in [0, 0.1) is 29.6 Å². The molecule has 0 radical (unpaired) electrons. The van der Waals surface area contributed by atoms with E-state index in [1.54, 1.807) is 0 Å². The van der Waals surface area contributed by atoms with Gasteiger partial charge in [-0.15, -0.1) is 0 Å². The number of carbonyl (C=O) groups is 1. The maximum absolute atomic E-state index is 10.9. The molecule has 0 amide bonds. The lowest BCUT2D eigenvalue weighted by atomic mass is 9.76. The zero-order chi connectivity index (χ0) is 8.88. The van der Waals surface area contributed by atoms with E-state index in [0.29, 0.717) is 17.8 Å². The van der Waals surface area contributed by atoms with Crippen molar-refractivity contribution < 1.29 is 9.90 Å². The van der Waals surface area contributed by atoms with Gasteiger partial charge in [-0.05, 0) is 36.5 Å². The molecule has 0 heterocycles. The van der Waals surface area contributed by atoms with Gasteiger partial charge in [-0.3, -0.25) is 4.79 Å². The molecule has 2 saturated carbocycles. The molecule has 2 rings (SSSR count). The molecule has 5 atom stereocenters. The van der Waals surface area contributed by atoms with E-state index < -0.39 is 5.97 Å². The minimum Gasteiger partial charge on any atom is -0.481 e. The van der Waals surface area contributed by atoms with Gasteiger partial charge in [-0.1, -0.05) is 13.8 Å². The number of fused-ring (bicyclic) bond motifs is 2. The van der Waals surface area contributed by atoms with Crippen LogP contribution in [0.2, 0.25) is 0 Å². The van der Waals surface area contributed by atoms with Gasteiger partial charge in [0.2, 0.25) is 0 Å². The second-order valence-electron chi connectivity index (χ2n) is 4.60. The SMILES string of the molecule is C[C@H]1CC2CC1[C@H](C)[C@H]2C(=O)O. The molecule has 0 saturated heterocycles. The van der Waals surface area contributed by atoms with E-state index in [1.165, 1.54) is 6.42 Å². The predicted molar refractivity (Wildman–Crippen MR) is 45.7 cm³/mol. The van der Waals surface area contributed by atoms with Crippen molar-refractivity contribution in [1.82, 2.24) is 0 Å². The Balaban J connectivity index is 2.18. The van der Waals surface area contributed by atoms with Crippen molar-refractivity contribution in [3.8, 4) is 0 Å². The summed E-state index contributed by atoms with van der Waals surface area (Å²) in [6.07, 6.45) is 2.31. The van der Waals surface area contributed by atoms with E-state index in [4.69, 9.17) is 5.11 Å². The molecular weight excluding hydrogens is 152 g/mol. The summed E-state index contributed by atoms with van der Waals surface area (Å²) in [5.74, 6) is 1.75. The van der Waals surface area contributed by atoms with Gasteiger partial charge in [0.1, 0.15) is 0 Å². The van der Waals surface area contributed by atoms with Crippen LogP contribution >= 0.6 is 0 Å². The smallest absolute Gasteiger partial charge is 0.307 e. The number of carboxylic acids is 1. The summed E-state index contributed by atoms with van der Waals surface area (Å²) in [5.41, 5.74) is 0. The first-order valence-corrected chi connectivity index (χ1v) is 4.84. The highest BCUT2D eigenvalue weighted by Gasteiger charge is 2.51. The van der Waals surface area contributed by atoms with Crippen LogP contribution in [-0.2, 0) is 4.79 Å². The summed E-state index contributed by atoms with van der Waals surface area (Å²) < 4.78 is 0. The van der Waals surface area contributed by atoms with Gasteiger partial charge in [0.25, 0.3) is 0 Å². The molecule has 0 aromatic rings. The van der Waals surface area contributed by atoms with Crippen LogP contribution in [0.4, 0.5) is 0 Å². The molecule has 2 nitrogen and oxygen atoms in total. The van der Waals surface area contributed by atoms with Gasteiger partial charge in [0.15, 0.2) is 0 Å². The largest absolute Gasteiger partial charge is 0.481 e. The lowest BCUT2D eigenvalue weighted by Crippen LogP contribution is -2.30. The van der Waals surface area contributed by atoms with Gasteiger partial charge in [-0.25, -0.2) is 0 Å². The van der Waals surface area contributed by atoms with Crippen molar-refractivity contribution in [1.29, 1.82) is 0 Å². The molecule has 2 aliphatic rings. The number of hydrogen-bond donors (Lipinski definition) is 1. The van der Waals surface area contributed by atoms with Crippen LogP contribution in [0.1, 0.15) is 26.7 Å². The van der Waals surface area contributed by atoms with Gasteiger partial charge in [-0.2, -0.15) is 0 Å². The molecule has 0 aromatic carbocycles. The van der Waals surface area contributed by atoms with Gasteiger partial charge in [0, 0.05) is 0 Å². The molecule has 68 valence electrons. The highest BCUT2D eigenvalue weighted by Crippen LogP contribution is 2.54. The molecule has 12 heavy (non-hydrogen) atoms. The summed E-state index contributed by atoms with van der Waals surface area (Å²) in [6.45, 7) is 4.37. The number of rotatable bonds is 1. The fourth-order valence-electron chi connectivity index (χ4n) is 3.48. The standard InChI is InChI=1S/C10H16O2/c1-5-3-7-4-8(5)6(2)9(7)10(11)12/h5-9H,3-4H2,1-2H3,(H,11,12)/t5-,6-,7?,8?,9+/m0/s1. The van der Waals surface area contributed by atoms with Crippen molar-refractivity contribution in [2.24, 2.45) is 29.6 Å². The average Bonchev–Trinajstić information content (AvgIpc) is 2.42. The fourth-order valence-corrected chi connectivity index (χ4v) is 3.48. The second kappa shape index (κ2) is 2.48. The molecule has 2 heteroatoms. The van der Waals surface area contributed by atoms with Crippen LogP contribution in [0.25, 0.3) is 0 Å². The zero-order valence-corrected chi connectivity index (χ0v) is 7.66. The van der Waals surface area contributed by atoms with E-state index in [-0.39, 0.29) is 5.92 Å². The Hall–Kier alpha value is -0.530. The molecule has 2 fully saturated rings. The lowest BCUT2D eigenvalue weighted by molar-refractivity contribution is -0.145. The monoisotopic (exact) mass is 168 g/mol. The zero-order valence-electron chi connectivity index (χ0n) is 7.66. The fraction of sp³-hybridized carbons (Fsp3) is 0.900. The molecule has 2 unspecified atom stereocenters. The van der Waals surface area contributed by atoms with Crippen LogP contribution in [0.3, 0.4) is 0 Å². The maximum atomic E-state index is 10.9. The summed E-state index contributed by atoms with van der Waals surface area (Å²) >= 11 is 0. The minimum atomic E-state index is -0.568. The third kappa shape index (κ3) is 0.900. The number of hydrogen-bond acceptors (Lipinski definition) is 1. The third-order valence-electron chi connectivity index (χ3n) is 4.02. The van der Waals surface area contributed by atoms with E-state index in [9.17, 15) is 4.79 Å². The quantitative estimate of drug-likeness (QED) is 0.650. The van der Waals surface area contributed by atoms with Crippen molar-refractivity contribution in [2.45, 2.75) is 26.7 Å². The normalized spacial score (nSPS) is 51.3. The van der Waals surface area contributed by atoms with Crippen molar-refractivity contribution in [3.63, 3.8) is 0 Å². The lowest BCUT2D eigenvalue weighted by Gasteiger charge is -2.29. The third-order valence-corrected chi connectivity index (χ3v) is 4.02. The average molecular weight is 168 g/mol. The topological polar surface area (TPSA) is 37.3 Å². The highest BCUT2D eigenvalue weighted by molar-refractivity contribution is 5.71. The van der Waals surface area contributed by atoms with Gasteiger partial charge in [0.05, 0.1) is 5.92 Å². The number of aliphatic carboxylic acids is 1. The van der Waals surface area contributed by atoms with Gasteiger partial charge >= 0.3 is 5.97 Å². The first kappa shape index (κ1) is 8.09. The predicted octanol–water partition coefficient (Wildman–Crippen LogP) is 2.00. The second-order valence-corrected chi connectivity index (χ2v) is 4.60. The van der Waals surface area contributed by atoms with Crippen LogP contribution in [0.15, 0.2) is 0 Å². The summed E-state index contributed by atoms with van der Waals surface area (Å²) in [7, 11) is 0. The summed E-state index contributed by atoms with van der Waals surface area (Å²) in [5, 5.41) is 8.99. The molecule has 2 bridgehead atoms. The first-order valence-electron chi connectivity index (χ1n) is 4.84. The van der Waals surface area contributed by atoms with Gasteiger partial charge < -0.3 is 5.11 Å². The molecule has 0 spiro atoms. The van der Waals surface area contributed by atoms with Crippen LogP contribution in [-0.4, -0.2) is 11.1 Å². The summed E-state index contributed by atoms with van der Waals surface area (Å²) in [6, 6.07) is 0. The molecular formula is C10H16O2. The Morgan fingerprint density at radius 1 is 1.33 bits per heavy atom.